The maximum absolute atomic E-state index is 8.87. The first kappa shape index (κ1) is 8.74. The molecule has 0 saturated heterocycles. The Hall–Kier alpha value is -1.35. The van der Waals surface area contributed by atoms with Gasteiger partial charge in [0, 0.05) is 11.8 Å². The summed E-state index contributed by atoms with van der Waals surface area (Å²) in [6.45, 7) is 3.55. The third kappa shape index (κ3) is 1.83. The van der Waals surface area contributed by atoms with Gasteiger partial charge in [-0.25, -0.2) is 4.98 Å². The van der Waals surface area contributed by atoms with Gasteiger partial charge in [0.2, 0.25) is 0 Å². The second kappa shape index (κ2) is 3.88. The predicted octanol–water partition coefficient (Wildman–Crippen LogP) is 0.885. The molecule has 0 amide bonds. The lowest BCUT2D eigenvalue weighted by molar-refractivity contribution is 0.282. The molecule has 0 aliphatic heterocycles. The molecule has 0 fully saturated rings. The van der Waals surface area contributed by atoms with Gasteiger partial charge in [0.05, 0.1) is 6.61 Å². The number of nitrogen functional groups attached to an aromatic ring is 1. The van der Waals surface area contributed by atoms with Crippen LogP contribution in [0.15, 0.2) is 24.9 Å². The lowest BCUT2D eigenvalue weighted by Gasteiger charge is -2.02. The Balaban J connectivity index is 2.96. The first-order valence-electron chi connectivity index (χ1n) is 3.73. The van der Waals surface area contributed by atoms with Gasteiger partial charge in [-0.1, -0.05) is 6.08 Å². The van der Waals surface area contributed by atoms with E-state index >= 15 is 0 Å². The SMILES string of the molecule is C=CCc1cnc(N)c(CO)c1. The molecule has 12 heavy (non-hydrogen) atoms. The number of nitrogens with zero attached hydrogens (tertiary/aromatic N) is 1. The van der Waals surface area contributed by atoms with Gasteiger partial charge in [-0.05, 0) is 18.1 Å². The van der Waals surface area contributed by atoms with Gasteiger partial charge in [-0.3, -0.25) is 0 Å². The highest BCUT2D eigenvalue weighted by Gasteiger charge is 1.99. The molecule has 0 aromatic carbocycles. The van der Waals surface area contributed by atoms with Crippen LogP contribution in [-0.4, -0.2) is 10.1 Å². The van der Waals surface area contributed by atoms with Crippen LogP contribution in [-0.2, 0) is 13.0 Å². The fourth-order valence-corrected chi connectivity index (χ4v) is 0.975. The highest BCUT2D eigenvalue weighted by Crippen LogP contribution is 2.10. The largest absolute Gasteiger partial charge is 0.392 e. The normalized spacial score (nSPS) is 9.75. The molecular formula is C9H12N2O. The third-order valence-electron chi connectivity index (χ3n) is 1.61. The summed E-state index contributed by atoms with van der Waals surface area (Å²) in [5, 5.41) is 8.87. The molecule has 1 rings (SSSR count). The van der Waals surface area contributed by atoms with Gasteiger partial charge < -0.3 is 10.8 Å². The first-order valence-corrected chi connectivity index (χ1v) is 3.73. The van der Waals surface area contributed by atoms with Crippen molar-refractivity contribution >= 4 is 5.82 Å². The summed E-state index contributed by atoms with van der Waals surface area (Å²) in [4.78, 5) is 3.94. The highest BCUT2D eigenvalue weighted by atomic mass is 16.3. The Labute approximate surface area is 71.6 Å². The standard InChI is InChI=1S/C9H12N2O/c1-2-3-7-4-8(6-12)9(10)11-5-7/h2,4-5,12H,1,3,6H2,(H2,10,11). The minimum Gasteiger partial charge on any atom is -0.392 e. The van der Waals surface area contributed by atoms with E-state index in [1.165, 1.54) is 0 Å². The van der Waals surface area contributed by atoms with Crippen molar-refractivity contribution in [1.29, 1.82) is 0 Å². The number of aliphatic hydroxyl groups is 1. The van der Waals surface area contributed by atoms with Crippen LogP contribution in [0.5, 0.6) is 0 Å². The van der Waals surface area contributed by atoms with Crippen LogP contribution in [0.25, 0.3) is 0 Å². The molecule has 3 N–H and O–H groups in total. The van der Waals surface area contributed by atoms with Crippen molar-refractivity contribution in [3.63, 3.8) is 0 Å². The average Bonchev–Trinajstić information content (AvgIpc) is 2.09. The first-order chi connectivity index (χ1) is 5.77. The second-order valence-electron chi connectivity index (χ2n) is 2.54. The molecule has 1 aromatic heterocycles. The number of hydrogen-bond donors (Lipinski definition) is 2. The summed E-state index contributed by atoms with van der Waals surface area (Å²) in [7, 11) is 0. The number of rotatable bonds is 3. The lowest BCUT2D eigenvalue weighted by Crippen LogP contribution is -1.98. The maximum atomic E-state index is 8.87. The molecule has 0 saturated carbocycles. The topological polar surface area (TPSA) is 59.1 Å². The number of pyridine rings is 1. The Morgan fingerprint density at radius 3 is 3.00 bits per heavy atom. The molecule has 0 bridgehead atoms. The molecule has 3 heteroatoms. The van der Waals surface area contributed by atoms with Gasteiger partial charge >= 0.3 is 0 Å². The molecule has 64 valence electrons. The molecule has 1 aromatic rings. The fourth-order valence-electron chi connectivity index (χ4n) is 0.975. The average molecular weight is 164 g/mol. The Kier molecular flexibility index (Phi) is 2.82. The minimum atomic E-state index is -0.0657. The summed E-state index contributed by atoms with van der Waals surface area (Å²) < 4.78 is 0. The molecule has 3 nitrogen and oxygen atoms in total. The Morgan fingerprint density at radius 1 is 1.67 bits per heavy atom. The van der Waals surface area contributed by atoms with Crippen LogP contribution < -0.4 is 5.73 Å². The molecule has 0 atom stereocenters. The third-order valence-corrected chi connectivity index (χ3v) is 1.61. The zero-order chi connectivity index (χ0) is 8.97. The maximum Gasteiger partial charge on any atom is 0.128 e. The Bertz CT molecular complexity index is 284. The van der Waals surface area contributed by atoms with Crippen molar-refractivity contribution in [3.05, 3.63) is 36.0 Å². The van der Waals surface area contributed by atoms with Crippen molar-refractivity contribution in [3.8, 4) is 0 Å². The van der Waals surface area contributed by atoms with E-state index in [0.717, 1.165) is 12.0 Å². The second-order valence-corrected chi connectivity index (χ2v) is 2.54. The van der Waals surface area contributed by atoms with Crippen molar-refractivity contribution in [2.24, 2.45) is 0 Å². The van der Waals surface area contributed by atoms with Crippen LogP contribution in [0.1, 0.15) is 11.1 Å². The van der Waals surface area contributed by atoms with E-state index in [9.17, 15) is 0 Å². The predicted molar refractivity (Wildman–Crippen MR) is 48.5 cm³/mol. The van der Waals surface area contributed by atoms with Gasteiger partial charge in [0.1, 0.15) is 5.82 Å². The van der Waals surface area contributed by atoms with Crippen LogP contribution in [0.2, 0.25) is 0 Å². The van der Waals surface area contributed by atoms with E-state index in [2.05, 4.69) is 11.6 Å². The monoisotopic (exact) mass is 164 g/mol. The van der Waals surface area contributed by atoms with E-state index in [1.54, 1.807) is 12.3 Å². The van der Waals surface area contributed by atoms with Gasteiger partial charge in [-0.15, -0.1) is 6.58 Å². The molecule has 0 spiro atoms. The molecule has 0 radical (unpaired) electrons. The minimum absolute atomic E-state index is 0.0657. The smallest absolute Gasteiger partial charge is 0.128 e. The number of nitrogens with two attached hydrogens (primary N) is 1. The summed E-state index contributed by atoms with van der Waals surface area (Å²) in [5.74, 6) is 0.394. The molecule has 0 aliphatic carbocycles. The van der Waals surface area contributed by atoms with Crippen LogP contribution in [0.3, 0.4) is 0 Å². The quantitative estimate of drug-likeness (QED) is 0.652. The Morgan fingerprint density at radius 2 is 2.42 bits per heavy atom. The molecule has 0 unspecified atom stereocenters. The van der Waals surface area contributed by atoms with Crippen molar-refractivity contribution in [2.75, 3.05) is 5.73 Å². The van der Waals surface area contributed by atoms with Crippen molar-refractivity contribution < 1.29 is 5.11 Å². The number of aromatic nitrogens is 1. The zero-order valence-electron chi connectivity index (χ0n) is 6.83. The number of aliphatic hydroxyl groups excluding tert-OH is 1. The van der Waals surface area contributed by atoms with Crippen LogP contribution in [0.4, 0.5) is 5.82 Å². The molecule has 0 aliphatic rings. The fraction of sp³-hybridized carbons (Fsp3) is 0.222. The van der Waals surface area contributed by atoms with Crippen molar-refractivity contribution in [1.82, 2.24) is 4.98 Å². The van der Waals surface area contributed by atoms with Gasteiger partial charge in [0.25, 0.3) is 0 Å². The number of anilines is 1. The van der Waals surface area contributed by atoms with Crippen LogP contribution >= 0.6 is 0 Å². The van der Waals surface area contributed by atoms with E-state index in [0.29, 0.717) is 11.4 Å². The van der Waals surface area contributed by atoms with Crippen molar-refractivity contribution in [2.45, 2.75) is 13.0 Å². The summed E-state index contributed by atoms with van der Waals surface area (Å²) in [5.41, 5.74) is 7.19. The van der Waals surface area contributed by atoms with E-state index in [1.807, 2.05) is 6.07 Å². The molecule has 1 heterocycles. The number of allylic oxidation sites excluding steroid dienone is 1. The summed E-state index contributed by atoms with van der Waals surface area (Å²) >= 11 is 0. The van der Waals surface area contributed by atoms with Gasteiger partial charge in [-0.2, -0.15) is 0 Å². The summed E-state index contributed by atoms with van der Waals surface area (Å²) in [6.07, 6.45) is 4.23. The van der Waals surface area contributed by atoms with Crippen LogP contribution in [0, 0.1) is 0 Å². The molecular weight excluding hydrogens is 152 g/mol. The zero-order valence-corrected chi connectivity index (χ0v) is 6.83. The lowest BCUT2D eigenvalue weighted by atomic mass is 10.1. The highest BCUT2D eigenvalue weighted by molar-refractivity contribution is 5.40. The number of hydrogen-bond acceptors (Lipinski definition) is 3. The van der Waals surface area contributed by atoms with E-state index in [-0.39, 0.29) is 6.61 Å². The summed E-state index contributed by atoms with van der Waals surface area (Å²) in [6, 6.07) is 1.84. The van der Waals surface area contributed by atoms with E-state index in [4.69, 9.17) is 10.8 Å². The van der Waals surface area contributed by atoms with Gasteiger partial charge in [0.15, 0.2) is 0 Å². The van der Waals surface area contributed by atoms with E-state index < -0.39 is 0 Å².